The number of benzene rings is 1. The number of fused-ring (bicyclic) bond motifs is 1. The Labute approximate surface area is 158 Å². The van der Waals surface area contributed by atoms with E-state index in [-0.39, 0.29) is 18.3 Å². The van der Waals surface area contributed by atoms with Gasteiger partial charge < -0.3 is 19.7 Å². The second-order valence-corrected chi connectivity index (χ2v) is 6.63. The van der Waals surface area contributed by atoms with Gasteiger partial charge in [0.1, 0.15) is 13.2 Å². The van der Waals surface area contributed by atoms with Crippen molar-refractivity contribution in [3.8, 4) is 11.5 Å². The molecule has 1 N–H and O–H groups in total. The maximum Gasteiger partial charge on any atom is 0.227 e. The average Bonchev–Trinajstić information content (AvgIpc) is 3.12. The molecule has 0 spiro atoms. The van der Waals surface area contributed by atoms with Crippen molar-refractivity contribution in [2.45, 2.75) is 19.4 Å². The zero-order valence-electron chi connectivity index (χ0n) is 14.2. The zero-order chi connectivity index (χ0) is 16.8. The van der Waals surface area contributed by atoms with Crippen LogP contribution in [-0.2, 0) is 11.3 Å². The van der Waals surface area contributed by atoms with Gasteiger partial charge in [0.25, 0.3) is 0 Å². The van der Waals surface area contributed by atoms with Crippen molar-refractivity contribution in [1.29, 1.82) is 0 Å². The summed E-state index contributed by atoms with van der Waals surface area (Å²) in [5.74, 6) is 1.57. The first kappa shape index (κ1) is 19.6. The fourth-order valence-corrected chi connectivity index (χ4v) is 3.33. The summed E-state index contributed by atoms with van der Waals surface area (Å²) >= 11 is 1.66. The minimum absolute atomic E-state index is 0. The molecule has 0 saturated carbocycles. The monoisotopic (exact) mass is 382 g/mol. The highest BCUT2D eigenvalue weighted by Gasteiger charge is 2.20. The highest BCUT2D eigenvalue weighted by atomic mass is 35.5. The second kappa shape index (κ2) is 9.65. The van der Waals surface area contributed by atoms with Crippen LogP contribution in [0.2, 0.25) is 0 Å². The maximum atomic E-state index is 12.7. The molecule has 3 rings (SSSR count). The molecule has 0 saturated heterocycles. The standard InChI is InChI=1S/C18H22N2O3S.ClH/c1-19-8-2-5-18(21)20(13-15-4-3-11-24-15)14-6-7-16-17(12-14)23-10-9-22-16;/h3-4,6-7,11-12,19H,2,5,8-10,13H2,1H3;1H. The Morgan fingerprint density at radius 3 is 2.76 bits per heavy atom. The molecule has 0 bridgehead atoms. The fourth-order valence-electron chi connectivity index (χ4n) is 2.63. The van der Waals surface area contributed by atoms with Crippen LogP contribution in [0.4, 0.5) is 5.69 Å². The first-order valence-corrected chi connectivity index (χ1v) is 9.03. The molecule has 1 aromatic heterocycles. The Kier molecular flexibility index (Phi) is 7.55. The number of nitrogens with zero attached hydrogens (tertiary/aromatic N) is 1. The van der Waals surface area contributed by atoms with Crippen molar-refractivity contribution in [1.82, 2.24) is 5.32 Å². The number of ether oxygens (including phenoxy) is 2. The topological polar surface area (TPSA) is 50.8 Å². The van der Waals surface area contributed by atoms with Gasteiger partial charge in [-0.25, -0.2) is 0 Å². The number of hydrogen-bond donors (Lipinski definition) is 1. The largest absolute Gasteiger partial charge is 0.486 e. The van der Waals surface area contributed by atoms with Gasteiger partial charge in [-0.3, -0.25) is 4.79 Å². The fraction of sp³-hybridized carbons (Fsp3) is 0.389. The molecule has 0 unspecified atom stereocenters. The smallest absolute Gasteiger partial charge is 0.227 e. The van der Waals surface area contributed by atoms with Crippen molar-refractivity contribution in [2.24, 2.45) is 0 Å². The normalized spacial score (nSPS) is 12.4. The molecule has 0 atom stereocenters. The van der Waals surface area contributed by atoms with Crippen molar-refractivity contribution >= 4 is 35.3 Å². The molecule has 7 heteroatoms. The summed E-state index contributed by atoms with van der Waals surface area (Å²) in [6, 6.07) is 9.77. The Morgan fingerprint density at radius 2 is 2.04 bits per heavy atom. The summed E-state index contributed by atoms with van der Waals surface area (Å²) in [5.41, 5.74) is 0.849. The van der Waals surface area contributed by atoms with Gasteiger partial charge in [0.2, 0.25) is 5.91 Å². The predicted molar refractivity (Wildman–Crippen MR) is 103 cm³/mol. The van der Waals surface area contributed by atoms with E-state index < -0.39 is 0 Å². The zero-order valence-corrected chi connectivity index (χ0v) is 15.8. The number of halogens is 1. The Balaban J connectivity index is 0.00000225. The molecule has 0 radical (unpaired) electrons. The van der Waals surface area contributed by atoms with Crippen LogP contribution in [0.25, 0.3) is 0 Å². The number of amides is 1. The molecule has 2 aromatic rings. The van der Waals surface area contributed by atoms with Gasteiger partial charge in [-0.1, -0.05) is 6.07 Å². The molecule has 0 aliphatic carbocycles. The number of hydrogen-bond acceptors (Lipinski definition) is 5. The highest BCUT2D eigenvalue weighted by Crippen LogP contribution is 2.35. The van der Waals surface area contributed by atoms with Crippen LogP contribution in [0.15, 0.2) is 35.7 Å². The molecule has 1 amide bonds. The van der Waals surface area contributed by atoms with E-state index in [0.29, 0.717) is 31.9 Å². The molecule has 2 heterocycles. The summed E-state index contributed by atoms with van der Waals surface area (Å²) in [6.45, 7) is 2.51. The Morgan fingerprint density at radius 1 is 1.24 bits per heavy atom. The van der Waals surface area contributed by atoms with E-state index in [0.717, 1.165) is 29.3 Å². The van der Waals surface area contributed by atoms with Crippen molar-refractivity contribution in [3.05, 3.63) is 40.6 Å². The van der Waals surface area contributed by atoms with E-state index in [4.69, 9.17) is 9.47 Å². The lowest BCUT2D eigenvalue weighted by atomic mass is 10.2. The van der Waals surface area contributed by atoms with Crippen molar-refractivity contribution in [2.75, 3.05) is 31.7 Å². The van der Waals surface area contributed by atoms with E-state index in [1.165, 1.54) is 0 Å². The molecule has 1 aliphatic rings. The number of thiophene rings is 1. The van der Waals surface area contributed by atoms with Crippen LogP contribution in [-0.4, -0.2) is 32.7 Å². The summed E-state index contributed by atoms with van der Waals surface area (Å²) in [6.07, 6.45) is 1.33. The molecule has 1 aromatic carbocycles. The van der Waals surface area contributed by atoms with Gasteiger partial charge in [0.05, 0.1) is 6.54 Å². The summed E-state index contributed by atoms with van der Waals surface area (Å²) in [7, 11) is 1.90. The number of carbonyl (C=O) groups excluding carboxylic acids is 1. The van der Waals surface area contributed by atoms with Gasteiger partial charge in [-0.2, -0.15) is 0 Å². The lowest BCUT2D eigenvalue weighted by molar-refractivity contribution is -0.118. The SMILES string of the molecule is CNCCCC(=O)N(Cc1cccs1)c1ccc2c(c1)OCCO2.Cl. The summed E-state index contributed by atoms with van der Waals surface area (Å²) < 4.78 is 11.2. The number of rotatable bonds is 7. The van der Waals surface area contributed by atoms with E-state index in [2.05, 4.69) is 11.4 Å². The summed E-state index contributed by atoms with van der Waals surface area (Å²) in [5, 5.41) is 5.11. The second-order valence-electron chi connectivity index (χ2n) is 5.59. The van der Waals surface area contributed by atoms with E-state index in [9.17, 15) is 4.79 Å². The molecule has 0 fully saturated rings. The minimum atomic E-state index is 0. The van der Waals surface area contributed by atoms with E-state index >= 15 is 0 Å². The summed E-state index contributed by atoms with van der Waals surface area (Å²) in [4.78, 5) is 15.7. The Hall–Kier alpha value is -1.76. The lowest BCUT2D eigenvalue weighted by Gasteiger charge is -2.25. The van der Waals surface area contributed by atoms with Gasteiger partial charge in [0.15, 0.2) is 11.5 Å². The quantitative estimate of drug-likeness (QED) is 0.745. The number of carbonyl (C=O) groups is 1. The van der Waals surface area contributed by atoms with Crippen LogP contribution in [0, 0.1) is 0 Å². The predicted octanol–water partition coefficient (Wildman–Crippen LogP) is 3.47. The van der Waals surface area contributed by atoms with E-state index in [1.54, 1.807) is 11.3 Å². The Bertz CT molecular complexity index is 679. The van der Waals surface area contributed by atoms with Gasteiger partial charge in [-0.15, -0.1) is 23.7 Å². The number of nitrogens with one attached hydrogen (secondary N) is 1. The highest BCUT2D eigenvalue weighted by molar-refractivity contribution is 7.09. The molecular weight excluding hydrogens is 360 g/mol. The number of anilines is 1. The average molecular weight is 383 g/mol. The lowest BCUT2D eigenvalue weighted by Crippen LogP contribution is -2.30. The van der Waals surface area contributed by atoms with Crippen LogP contribution in [0.5, 0.6) is 11.5 Å². The third-order valence-corrected chi connectivity index (χ3v) is 4.71. The minimum Gasteiger partial charge on any atom is -0.486 e. The molecule has 136 valence electrons. The van der Waals surface area contributed by atoms with Crippen LogP contribution in [0.1, 0.15) is 17.7 Å². The van der Waals surface area contributed by atoms with E-state index in [1.807, 2.05) is 41.6 Å². The first-order valence-electron chi connectivity index (χ1n) is 8.15. The van der Waals surface area contributed by atoms with Crippen molar-refractivity contribution < 1.29 is 14.3 Å². The third kappa shape index (κ3) is 5.11. The van der Waals surface area contributed by atoms with Crippen molar-refractivity contribution in [3.63, 3.8) is 0 Å². The van der Waals surface area contributed by atoms with Gasteiger partial charge in [-0.05, 0) is 43.6 Å². The van der Waals surface area contributed by atoms with Gasteiger partial charge >= 0.3 is 0 Å². The van der Waals surface area contributed by atoms with Crippen LogP contribution >= 0.6 is 23.7 Å². The van der Waals surface area contributed by atoms with Crippen LogP contribution < -0.4 is 19.7 Å². The first-order chi connectivity index (χ1) is 11.8. The molecule has 1 aliphatic heterocycles. The maximum absolute atomic E-state index is 12.7. The van der Waals surface area contributed by atoms with Gasteiger partial charge in [0, 0.05) is 23.1 Å². The third-order valence-electron chi connectivity index (χ3n) is 3.85. The molecule has 5 nitrogen and oxygen atoms in total. The molecule has 25 heavy (non-hydrogen) atoms. The molecular formula is C18H23ClN2O3S. The van der Waals surface area contributed by atoms with Crippen LogP contribution in [0.3, 0.4) is 0 Å².